The van der Waals surface area contributed by atoms with Crippen molar-refractivity contribution in [1.82, 2.24) is 10.3 Å². The highest BCUT2D eigenvalue weighted by atomic mass is 32.1. The largest absolute Gasteiger partial charge is 0.351 e. The molecule has 0 fully saturated rings. The van der Waals surface area contributed by atoms with Gasteiger partial charge in [-0.15, -0.1) is 22.7 Å². The molecule has 0 spiro atoms. The van der Waals surface area contributed by atoms with Crippen LogP contribution in [0.3, 0.4) is 0 Å². The van der Waals surface area contributed by atoms with Gasteiger partial charge in [-0.25, -0.2) is 4.98 Å². The first-order chi connectivity index (χ1) is 9.70. The first-order valence-corrected chi connectivity index (χ1v) is 7.92. The highest BCUT2D eigenvalue weighted by Crippen LogP contribution is 2.15. The number of hydrogen-bond acceptors (Lipinski definition) is 5. The third-order valence-electron chi connectivity index (χ3n) is 2.53. The molecule has 0 aliphatic carbocycles. The molecule has 20 heavy (non-hydrogen) atoms. The van der Waals surface area contributed by atoms with Crippen LogP contribution in [0.2, 0.25) is 0 Å². The van der Waals surface area contributed by atoms with Gasteiger partial charge in [0.05, 0.1) is 17.2 Å². The average Bonchev–Trinajstić information content (AvgIpc) is 3.05. The van der Waals surface area contributed by atoms with E-state index in [1.54, 1.807) is 11.3 Å². The molecular formula is C14H15N3OS2. The predicted molar refractivity (Wildman–Crippen MR) is 83.1 cm³/mol. The molecule has 1 amide bonds. The van der Waals surface area contributed by atoms with Crippen molar-refractivity contribution in [3.63, 3.8) is 0 Å². The normalized spacial score (nSPS) is 9.90. The number of aryl methyl sites for hydroxylation is 1. The van der Waals surface area contributed by atoms with Crippen LogP contribution in [-0.2, 0) is 6.42 Å². The zero-order chi connectivity index (χ0) is 14.4. The van der Waals surface area contributed by atoms with Gasteiger partial charge >= 0.3 is 0 Å². The lowest BCUT2D eigenvalue weighted by molar-refractivity contribution is 0.0958. The van der Waals surface area contributed by atoms with Crippen LogP contribution in [0.1, 0.15) is 25.9 Å². The molecule has 0 atom stereocenters. The van der Waals surface area contributed by atoms with Crippen molar-refractivity contribution in [2.24, 2.45) is 5.73 Å². The summed E-state index contributed by atoms with van der Waals surface area (Å²) in [6.45, 7) is 2.84. The molecule has 104 valence electrons. The molecule has 0 unspecified atom stereocenters. The minimum absolute atomic E-state index is 0.0896. The number of carbonyl (C=O) groups is 1. The van der Waals surface area contributed by atoms with Gasteiger partial charge in [0.1, 0.15) is 4.88 Å². The molecule has 0 bridgehead atoms. The Morgan fingerprint density at radius 1 is 1.50 bits per heavy atom. The van der Waals surface area contributed by atoms with Crippen molar-refractivity contribution in [2.45, 2.75) is 13.3 Å². The van der Waals surface area contributed by atoms with Crippen LogP contribution >= 0.6 is 22.7 Å². The zero-order valence-electron chi connectivity index (χ0n) is 11.1. The molecule has 2 heterocycles. The Labute approximate surface area is 126 Å². The first-order valence-electron chi connectivity index (χ1n) is 6.16. The fourth-order valence-corrected chi connectivity index (χ4v) is 3.05. The number of nitrogens with one attached hydrogen (secondary N) is 1. The molecular weight excluding hydrogens is 290 g/mol. The number of aromatic nitrogens is 1. The van der Waals surface area contributed by atoms with E-state index in [9.17, 15) is 4.79 Å². The van der Waals surface area contributed by atoms with Gasteiger partial charge in [-0.1, -0.05) is 11.8 Å². The van der Waals surface area contributed by atoms with E-state index in [2.05, 4.69) is 22.1 Å². The molecule has 2 aromatic rings. The molecule has 0 saturated carbocycles. The lowest BCUT2D eigenvalue weighted by atomic mass is 10.2. The summed E-state index contributed by atoms with van der Waals surface area (Å²) in [6.07, 6.45) is 0.741. The monoisotopic (exact) mass is 305 g/mol. The topological polar surface area (TPSA) is 68.0 Å². The highest BCUT2D eigenvalue weighted by molar-refractivity contribution is 7.12. The van der Waals surface area contributed by atoms with Gasteiger partial charge in [0.25, 0.3) is 5.91 Å². The summed E-state index contributed by atoms with van der Waals surface area (Å²) in [5.74, 6) is 5.59. The van der Waals surface area contributed by atoms with Crippen molar-refractivity contribution in [3.05, 3.63) is 38.0 Å². The summed E-state index contributed by atoms with van der Waals surface area (Å²) >= 11 is 3.01. The number of thiazole rings is 1. The van der Waals surface area contributed by atoms with E-state index >= 15 is 0 Å². The van der Waals surface area contributed by atoms with Crippen LogP contribution in [0.4, 0.5) is 0 Å². The zero-order valence-corrected chi connectivity index (χ0v) is 12.7. The molecule has 2 aromatic heterocycles. The van der Waals surface area contributed by atoms with E-state index in [4.69, 9.17) is 5.73 Å². The lowest BCUT2D eigenvalue weighted by Gasteiger charge is -2.02. The third-order valence-corrected chi connectivity index (χ3v) is 4.27. The number of amides is 1. The Bertz CT molecular complexity index is 649. The van der Waals surface area contributed by atoms with Gasteiger partial charge in [-0.05, 0) is 18.4 Å². The van der Waals surface area contributed by atoms with Gasteiger partial charge in [-0.2, -0.15) is 0 Å². The van der Waals surface area contributed by atoms with Crippen molar-refractivity contribution < 1.29 is 4.79 Å². The number of carbonyl (C=O) groups excluding carboxylic acids is 1. The molecule has 6 heteroatoms. The number of thiophene rings is 1. The van der Waals surface area contributed by atoms with Gasteiger partial charge in [0, 0.05) is 23.9 Å². The van der Waals surface area contributed by atoms with Crippen molar-refractivity contribution in [3.8, 4) is 11.8 Å². The second-order valence-electron chi connectivity index (χ2n) is 4.03. The van der Waals surface area contributed by atoms with E-state index in [1.165, 1.54) is 11.3 Å². The van der Waals surface area contributed by atoms with Crippen LogP contribution in [0, 0.1) is 18.8 Å². The van der Waals surface area contributed by atoms with Gasteiger partial charge in [0.15, 0.2) is 0 Å². The van der Waals surface area contributed by atoms with Crippen LogP contribution in [0.5, 0.6) is 0 Å². The lowest BCUT2D eigenvalue weighted by Crippen LogP contribution is -2.25. The van der Waals surface area contributed by atoms with Crippen LogP contribution in [0.25, 0.3) is 0 Å². The number of rotatable bonds is 4. The Kier molecular flexibility index (Phi) is 5.30. The van der Waals surface area contributed by atoms with Gasteiger partial charge < -0.3 is 11.1 Å². The third kappa shape index (κ3) is 3.90. The van der Waals surface area contributed by atoms with E-state index < -0.39 is 0 Å². The molecule has 2 rings (SSSR count). The van der Waals surface area contributed by atoms with Crippen molar-refractivity contribution in [2.75, 3.05) is 13.1 Å². The predicted octanol–water partition coefficient (Wildman–Crippen LogP) is 1.80. The summed E-state index contributed by atoms with van der Waals surface area (Å²) in [5, 5.41) is 7.82. The average molecular weight is 305 g/mol. The van der Waals surface area contributed by atoms with E-state index in [0.717, 1.165) is 22.7 Å². The van der Waals surface area contributed by atoms with Crippen LogP contribution < -0.4 is 11.1 Å². The molecule has 0 aliphatic heterocycles. The van der Waals surface area contributed by atoms with E-state index in [1.807, 2.05) is 23.8 Å². The maximum Gasteiger partial charge on any atom is 0.262 e. The standard InChI is InChI=1S/C14H15N3OS2/c1-10-17-12(9-20-10)4-7-16-14(18)13-11(3-2-6-15)5-8-19-13/h5,8-9H,4,6-7,15H2,1H3,(H,16,18). The summed E-state index contributed by atoms with van der Waals surface area (Å²) < 4.78 is 0. The quantitative estimate of drug-likeness (QED) is 0.846. The Morgan fingerprint density at radius 2 is 2.35 bits per heavy atom. The van der Waals surface area contributed by atoms with Crippen molar-refractivity contribution in [1.29, 1.82) is 0 Å². The van der Waals surface area contributed by atoms with E-state index in [0.29, 0.717) is 18.0 Å². The fourth-order valence-electron chi connectivity index (χ4n) is 1.64. The second-order valence-corrected chi connectivity index (χ2v) is 6.01. The van der Waals surface area contributed by atoms with Crippen LogP contribution in [-0.4, -0.2) is 24.0 Å². The summed E-state index contributed by atoms with van der Waals surface area (Å²) in [5.41, 5.74) is 7.10. The summed E-state index contributed by atoms with van der Waals surface area (Å²) in [6, 6.07) is 1.84. The molecule has 3 N–H and O–H groups in total. The molecule has 0 saturated heterocycles. The van der Waals surface area contributed by atoms with Gasteiger partial charge in [-0.3, -0.25) is 4.79 Å². The van der Waals surface area contributed by atoms with Crippen LogP contribution in [0.15, 0.2) is 16.8 Å². The molecule has 0 radical (unpaired) electrons. The maximum absolute atomic E-state index is 12.1. The Balaban J connectivity index is 1.90. The second kappa shape index (κ2) is 7.20. The minimum atomic E-state index is -0.0896. The number of nitrogens with two attached hydrogens (primary N) is 1. The minimum Gasteiger partial charge on any atom is -0.351 e. The van der Waals surface area contributed by atoms with Crippen molar-refractivity contribution >= 4 is 28.6 Å². The number of hydrogen-bond donors (Lipinski definition) is 2. The highest BCUT2D eigenvalue weighted by Gasteiger charge is 2.11. The molecule has 0 aliphatic rings. The molecule has 4 nitrogen and oxygen atoms in total. The number of nitrogens with zero attached hydrogens (tertiary/aromatic N) is 1. The van der Waals surface area contributed by atoms with E-state index in [-0.39, 0.29) is 5.91 Å². The summed E-state index contributed by atoms with van der Waals surface area (Å²) in [7, 11) is 0. The summed E-state index contributed by atoms with van der Waals surface area (Å²) in [4.78, 5) is 17.1. The van der Waals surface area contributed by atoms with Gasteiger partial charge in [0.2, 0.25) is 0 Å². The first kappa shape index (κ1) is 14.7. The Hall–Kier alpha value is -1.68. The molecule has 0 aromatic carbocycles. The maximum atomic E-state index is 12.1. The SMILES string of the molecule is Cc1nc(CCNC(=O)c2sccc2C#CCN)cs1. The fraction of sp³-hybridized carbons (Fsp3) is 0.286. The Morgan fingerprint density at radius 3 is 3.05 bits per heavy atom. The smallest absolute Gasteiger partial charge is 0.262 e.